The smallest absolute Gasteiger partial charge is 0.273 e. The molecular weight excluding hydrogens is 440 g/mol. The highest BCUT2D eigenvalue weighted by atomic mass is 32.1. The lowest BCUT2D eigenvalue weighted by Gasteiger charge is -2.30. The number of aromatic nitrogens is 3. The van der Waals surface area contributed by atoms with Gasteiger partial charge in [0.2, 0.25) is 11.8 Å². The molecule has 2 N–H and O–H groups in total. The fourth-order valence-electron chi connectivity index (χ4n) is 3.97. The second-order valence-corrected chi connectivity index (χ2v) is 9.61. The molecule has 2 fully saturated rings. The molecule has 1 saturated heterocycles. The first kappa shape index (κ1) is 21.6. The third kappa shape index (κ3) is 5.05. The number of carbonyl (C=O) groups is 2. The van der Waals surface area contributed by atoms with Gasteiger partial charge in [-0.2, -0.15) is 4.98 Å². The summed E-state index contributed by atoms with van der Waals surface area (Å²) in [7, 11) is 0. The standard InChI is InChI=1S/C23H26N6O3S/c30-18(24-12-15-4-2-1-3-5-15)13-29-14-25-20-19(22(29)32)33-23(27-20)28-10-8-16(9-11-28)21(31)26-17-6-7-17/h1-5,14,16-17H,6-13H2,(H,24,30)(H,26,31). The van der Waals surface area contributed by atoms with Crippen molar-refractivity contribution in [3.05, 3.63) is 52.6 Å². The molecule has 0 atom stereocenters. The summed E-state index contributed by atoms with van der Waals surface area (Å²) in [6, 6.07) is 9.99. The SMILES string of the molecule is O=C(Cn1cnc2nc(N3CCC(C(=O)NC4CC4)CC3)sc2c1=O)NCc1ccccc1. The Hall–Kier alpha value is -3.27. The van der Waals surface area contributed by atoms with Crippen LogP contribution in [0.4, 0.5) is 5.13 Å². The Balaban J connectivity index is 1.21. The van der Waals surface area contributed by atoms with Crippen LogP contribution in [0.2, 0.25) is 0 Å². The fraction of sp³-hybridized carbons (Fsp3) is 0.435. The van der Waals surface area contributed by atoms with Gasteiger partial charge in [-0.25, -0.2) is 4.98 Å². The maximum absolute atomic E-state index is 12.9. The minimum absolute atomic E-state index is 0.0426. The lowest BCUT2D eigenvalue weighted by Crippen LogP contribution is -2.41. The maximum atomic E-state index is 12.9. The van der Waals surface area contributed by atoms with E-state index >= 15 is 0 Å². The van der Waals surface area contributed by atoms with Gasteiger partial charge in [-0.3, -0.25) is 19.0 Å². The summed E-state index contributed by atoms with van der Waals surface area (Å²) in [6.07, 6.45) is 5.11. The number of hydrogen-bond acceptors (Lipinski definition) is 7. The largest absolute Gasteiger partial charge is 0.353 e. The van der Waals surface area contributed by atoms with Gasteiger partial charge in [-0.1, -0.05) is 41.7 Å². The molecule has 10 heteroatoms. The first-order valence-corrected chi connectivity index (χ1v) is 12.1. The Morgan fingerprint density at radius 3 is 2.58 bits per heavy atom. The normalized spacial score (nSPS) is 16.7. The number of nitrogens with zero attached hydrogens (tertiary/aromatic N) is 4. The molecule has 2 aliphatic rings. The molecule has 0 spiro atoms. The first-order chi connectivity index (χ1) is 16.1. The lowest BCUT2D eigenvalue weighted by molar-refractivity contribution is -0.125. The van der Waals surface area contributed by atoms with E-state index < -0.39 is 0 Å². The third-order valence-electron chi connectivity index (χ3n) is 6.08. The number of thiazole rings is 1. The van der Waals surface area contributed by atoms with Crippen molar-refractivity contribution in [2.45, 2.75) is 44.8 Å². The van der Waals surface area contributed by atoms with Crippen molar-refractivity contribution in [2.24, 2.45) is 5.92 Å². The first-order valence-electron chi connectivity index (χ1n) is 11.3. The highest BCUT2D eigenvalue weighted by molar-refractivity contribution is 7.22. The zero-order valence-electron chi connectivity index (χ0n) is 18.2. The molecule has 5 rings (SSSR count). The summed E-state index contributed by atoms with van der Waals surface area (Å²) < 4.78 is 1.76. The average Bonchev–Trinajstić information content (AvgIpc) is 3.54. The molecule has 0 bridgehead atoms. The Labute approximate surface area is 194 Å². The Morgan fingerprint density at radius 1 is 1.09 bits per heavy atom. The number of fused-ring (bicyclic) bond motifs is 1. The van der Waals surface area contributed by atoms with E-state index in [1.165, 1.54) is 22.2 Å². The topological polar surface area (TPSA) is 109 Å². The van der Waals surface area contributed by atoms with Crippen LogP contribution in [0.5, 0.6) is 0 Å². The van der Waals surface area contributed by atoms with Crippen LogP contribution in [-0.4, -0.2) is 45.5 Å². The molecule has 2 amide bonds. The van der Waals surface area contributed by atoms with Crippen molar-refractivity contribution in [2.75, 3.05) is 18.0 Å². The number of rotatable bonds is 7. The second-order valence-electron chi connectivity index (χ2n) is 8.63. The molecule has 33 heavy (non-hydrogen) atoms. The molecule has 9 nitrogen and oxygen atoms in total. The minimum Gasteiger partial charge on any atom is -0.353 e. The number of nitrogens with one attached hydrogen (secondary N) is 2. The van der Waals surface area contributed by atoms with Gasteiger partial charge in [-0.15, -0.1) is 0 Å². The molecular formula is C23H26N6O3S. The summed E-state index contributed by atoms with van der Waals surface area (Å²) in [6.45, 7) is 1.75. The van der Waals surface area contributed by atoms with Gasteiger partial charge in [-0.05, 0) is 31.2 Å². The van der Waals surface area contributed by atoms with Gasteiger partial charge in [0, 0.05) is 31.6 Å². The fourth-order valence-corrected chi connectivity index (χ4v) is 4.99. The summed E-state index contributed by atoms with van der Waals surface area (Å²) in [5.41, 5.74) is 1.12. The number of piperidine rings is 1. The van der Waals surface area contributed by atoms with Gasteiger partial charge in [0.15, 0.2) is 10.8 Å². The quantitative estimate of drug-likeness (QED) is 0.548. The second kappa shape index (κ2) is 9.30. The van der Waals surface area contributed by atoms with E-state index in [1.54, 1.807) is 0 Å². The van der Waals surface area contributed by atoms with E-state index in [2.05, 4.69) is 25.5 Å². The summed E-state index contributed by atoms with van der Waals surface area (Å²) >= 11 is 1.30. The van der Waals surface area contributed by atoms with E-state index in [0.717, 1.165) is 49.5 Å². The number of amides is 2. The highest BCUT2D eigenvalue weighted by Gasteiger charge is 2.30. The van der Waals surface area contributed by atoms with Crippen LogP contribution in [0.3, 0.4) is 0 Å². The van der Waals surface area contributed by atoms with Crippen molar-refractivity contribution in [1.29, 1.82) is 0 Å². The zero-order chi connectivity index (χ0) is 22.8. The highest BCUT2D eigenvalue weighted by Crippen LogP contribution is 2.30. The number of anilines is 1. The average molecular weight is 467 g/mol. The zero-order valence-corrected chi connectivity index (χ0v) is 19.0. The predicted octanol–water partition coefficient (Wildman–Crippen LogP) is 1.66. The van der Waals surface area contributed by atoms with E-state index in [4.69, 9.17) is 0 Å². The van der Waals surface area contributed by atoms with E-state index in [1.807, 2.05) is 30.3 Å². The van der Waals surface area contributed by atoms with Crippen molar-refractivity contribution >= 4 is 38.6 Å². The van der Waals surface area contributed by atoms with Crippen LogP contribution in [0.15, 0.2) is 41.5 Å². The third-order valence-corrected chi connectivity index (χ3v) is 7.17. The van der Waals surface area contributed by atoms with Crippen molar-refractivity contribution in [1.82, 2.24) is 25.2 Å². The van der Waals surface area contributed by atoms with Crippen molar-refractivity contribution in [3.63, 3.8) is 0 Å². The molecule has 0 radical (unpaired) electrons. The molecule has 172 valence electrons. The summed E-state index contributed by atoms with van der Waals surface area (Å²) in [4.78, 5) is 48.5. The molecule has 3 aromatic rings. The van der Waals surface area contributed by atoms with Crippen LogP contribution >= 0.6 is 11.3 Å². The van der Waals surface area contributed by atoms with Crippen molar-refractivity contribution in [3.8, 4) is 0 Å². The Kier molecular flexibility index (Phi) is 6.08. The van der Waals surface area contributed by atoms with Crippen LogP contribution in [0.25, 0.3) is 10.3 Å². The molecule has 1 aromatic carbocycles. The Morgan fingerprint density at radius 2 is 1.85 bits per heavy atom. The van der Waals surface area contributed by atoms with Crippen LogP contribution in [-0.2, 0) is 22.7 Å². The predicted molar refractivity (Wildman–Crippen MR) is 126 cm³/mol. The van der Waals surface area contributed by atoms with Crippen LogP contribution in [0.1, 0.15) is 31.2 Å². The van der Waals surface area contributed by atoms with Gasteiger partial charge in [0.05, 0.1) is 0 Å². The van der Waals surface area contributed by atoms with Crippen LogP contribution in [0, 0.1) is 5.92 Å². The van der Waals surface area contributed by atoms with Crippen molar-refractivity contribution < 1.29 is 9.59 Å². The van der Waals surface area contributed by atoms with Gasteiger partial charge in [0.1, 0.15) is 17.6 Å². The molecule has 2 aromatic heterocycles. The van der Waals surface area contributed by atoms with Gasteiger partial charge >= 0.3 is 0 Å². The van der Waals surface area contributed by atoms with E-state index in [-0.39, 0.29) is 29.8 Å². The van der Waals surface area contributed by atoms with Crippen LogP contribution < -0.4 is 21.1 Å². The maximum Gasteiger partial charge on any atom is 0.273 e. The monoisotopic (exact) mass is 466 g/mol. The van der Waals surface area contributed by atoms with E-state index in [9.17, 15) is 14.4 Å². The summed E-state index contributed by atoms with van der Waals surface area (Å²) in [5, 5.41) is 6.66. The molecule has 3 heterocycles. The van der Waals surface area contributed by atoms with Gasteiger partial charge < -0.3 is 15.5 Å². The molecule has 0 unspecified atom stereocenters. The number of carbonyl (C=O) groups excluding carboxylic acids is 2. The number of hydrogen-bond donors (Lipinski definition) is 2. The molecule has 1 aliphatic carbocycles. The van der Waals surface area contributed by atoms with E-state index in [0.29, 0.717) is 22.9 Å². The molecule has 1 saturated carbocycles. The minimum atomic E-state index is -0.266. The lowest BCUT2D eigenvalue weighted by atomic mass is 9.96. The molecule has 1 aliphatic heterocycles. The summed E-state index contributed by atoms with van der Waals surface area (Å²) in [5.74, 6) is -0.0455. The Bertz CT molecular complexity index is 1210. The number of benzene rings is 1. The van der Waals surface area contributed by atoms with Gasteiger partial charge in [0.25, 0.3) is 5.56 Å².